The zero-order valence-electron chi connectivity index (χ0n) is 10.1. The Kier molecular flexibility index (Phi) is 3.83. The lowest BCUT2D eigenvalue weighted by Crippen LogP contribution is -2.37. The van der Waals surface area contributed by atoms with Crippen LogP contribution in [-0.2, 0) is 6.54 Å². The Balaban J connectivity index is 1.86. The van der Waals surface area contributed by atoms with Crippen molar-refractivity contribution in [2.45, 2.75) is 39.3 Å². The zero-order chi connectivity index (χ0) is 11.4. The molecule has 16 heavy (non-hydrogen) atoms. The summed E-state index contributed by atoms with van der Waals surface area (Å²) in [7, 11) is 0. The molecule has 1 fully saturated rings. The third-order valence-electron chi connectivity index (χ3n) is 2.72. The molecule has 1 aliphatic rings. The van der Waals surface area contributed by atoms with Gasteiger partial charge in [0.25, 0.3) is 0 Å². The lowest BCUT2D eigenvalue weighted by atomic mass is 10.1. The number of aromatic nitrogens is 2. The second kappa shape index (κ2) is 5.34. The summed E-state index contributed by atoms with van der Waals surface area (Å²) >= 11 is 0. The maximum atomic E-state index is 5.87. The number of hydrogen-bond donors (Lipinski definition) is 1. The molecule has 4 heteroatoms. The topological polar surface area (TPSA) is 39.1 Å². The fraction of sp³-hybridized carbons (Fsp3) is 0.750. The largest absolute Gasteiger partial charge is 0.486 e. The molecular weight excluding hydrogens is 202 g/mol. The smallest absolute Gasteiger partial charge is 0.157 e. The van der Waals surface area contributed by atoms with E-state index in [1.165, 1.54) is 6.42 Å². The monoisotopic (exact) mass is 223 g/mol. The average molecular weight is 223 g/mol. The van der Waals surface area contributed by atoms with Gasteiger partial charge in [-0.25, -0.2) is 0 Å². The van der Waals surface area contributed by atoms with Crippen LogP contribution in [-0.4, -0.2) is 29.0 Å². The van der Waals surface area contributed by atoms with E-state index in [0.29, 0.717) is 12.0 Å². The molecule has 2 rings (SSSR count). The number of piperidine rings is 1. The van der Waals surface area contributed by atoms with Gasteiger partial charge in [-0.3, -0.25) is 4.68 Å². The van der Waals surface area contributed by atoms with Crippen LogP contribution in [0.2, 0.25) is 0 Å². The summed E-state index contributed by atoms with van der Waals surface area (Å²) in [5.74, 6) is 1.51. The van der Waals surface area contributed by atoms with Crippen molar-refractivity contribution in [3.63, 3.8) is 0 Å². The van der Waals surface area contributed by atoms with Crippen molar-refractivity contribution < 1.29 is 4.74 Å². The minimum absolute atomic E-state index is 0.311. The van der Waals surface area contributed by atoms with Crippen molar-refractivity contribution >= 4 is 0 Å². The van der Waals surface area contributed by atoms with Gasteiger partial charge in [-0.15, -0.1) is 0 Å². The molecule has 0 amide bonds. The maximum absolute atomic E-state index is 5.87. The first-order valence-corrected chi connectivity index (χ1v) is 6.14. The van der Waals surface area contributed by atoms with E-state index in [9.17, 15) is 0 Å². The number of ether oxygens (including phenoxy) is 1. The standard InChI is InChI=1S/C12H21N3O/c1-10(2)8-15-9-12(7-14-15)16-11-4-3-5-13-6-11/h7,9-11,13H,3-6,8H2,1-2H3. The number of nitrogens with one attached hydrogen (secondary N) is 1. The molecule has 1 aliphatic heterocycles. The van der Waals surface area contributed by atoms with Gasteiger partial charge in [0.2, 0.25) is 0 Å². The number of hydrogen-bond acceptors (Lipinski definition) is 3. The van der Waals surface area contributed by atoms with Gasteiger partial charge >= 0.3 is 0 Å². The van der Waals surface area contributed by atoms with Crippen LogP contribution in [0.1, 0.15) is 26.7 Å². The highest BCUT2D eigenvalue weighted by Crippen LogP contribution is 2.15. The Labute approximate surface area is 97.0 Å². The number of rotatable bonds is 4. The van der Waals surface area contributed by atoms with E-state index in [1.807, 2.05) is 17.1 Å². The maximum Gasteiger partial charge on any atom is 0.157 e. The van der Waals surface area contributed by atoms with Gasteiger partial charge in [0.1, 0.15) is 6.10 Å². The lowest BCUT2D eigenvalue weighted by molar-refractivity contribution is 0.167. The molecule has 1 atom stereocenters. The van der Waals surface area contributed by atoms with Gasteiger partial charge in [0.15, 0.2) is 5.75 Å². The summed E-state index contributed by atoms with van der Waals surface area (Å²) in [6.07, 6.45) is 6.46. The van der Waals surface area contributed by atoms with E-state index in [0.717, 1.165) is 31.8 Å². The molecule has 0 radical (unpaired) electrons. The predicted molar refractivity (Wildman–Crippen MR) is 63.6 cm³/mol. The quantitative estimate of drug-likeness (QED) is 0.844. The molecule has 1 aromatic rings. The van der Waals surface area contributed by atoms with E-state index in [4.69, 9.17) is 4.74 Å². The van der Waals surface area contributed by atoms with Crippen molar-refractivity contribution in [1.82, 2.24) is 15.1 Å². The fourth-order valence-corrected chi connectivity index (χ4v) is 1.99. The summed E-state index contributed by atoms with van der Waals surface area (Å²) in [4.78, 5) is 0. The van der Waals surface area contributed by atoms with Gasteiger partial charge in [0.05, 0.1) is 12.4 Å². The van der Waals surface area contributed by atoms with Gasteiger partial charge in [-0.1, -0.05) is 13.8 Å². The number of nitrogens with zero attached hydrogens (tertiary/aromatic N) is 2. The third-order valence-corrected chi connectivity index (χ3v) is 2.72. The molecular formula is C12H21N3O. The molecule has 1 N–H and O–H groups in total. The van der Waals surface area contributed by atoms with Crippen LogP contribution in [0.5, 0.6) is 5.75 Å². The van der Waals surface area contributed by atoms with E-state index >= 15 is 0 Å². The minimum Gasteiger partial charge on any atom is -0.486 e. The minimum atomic E-state index is 0.311. The second-order valence-corrected chi connectivity index (χ2v) is 4.88. The summed E-state index contributed by atoms with van der Waals surface area (Å²) in [5, 5.41) is 7.63. The second-order valence-electron chi connectivity index (χ2n) is 4.88. The molecule has 90 valence electrons. The van der Waals surface area contributed by atoms with Gasteiger partial charge in [-0.05, 0) is 25.3 Å². The Morgan fingerprint density at radius 2 is 2.50 bits per heavy atom. The normalized spacial score (nSPS) is 21.3. The first-order valence-electron chi connectivity index (χ1n) is 6.14. The zero-order valence-corrected chi connectivity index (χ0v) is 10.1. The van der Waals surface area contributed by atoms with Crippen LogP contribution in [0, 0.1) is 5.92 Å². The van der Waals surface area contributed by atoms with Gasteiger partial charge in [-0.2, -0.15) is 5.10 Å². The van der Waals surface area contributed by atoms with Crippen LogP contribution in [0.3, 0.4) is 0 Å². The molecule has 0 spiro atoms. The summed E-state index contributed by atoms with van der Waals surface area (Å²) in [6.45, 7) is 7.40. The van der Waals surface area contributed by atoms with Gasteiger partial charge < -0.3 is 10.1 Å². The molecule has 2 heterocycles. The predicted octanol–water partition coefficient (Wildman–Crippen LogP) is 1.67. The first kappa shape index (κ1) is 11.5. The highest BCUT2D eigenvalue weighted by molar-refractivity contribution is 5.12. The van der Waals surface area contributed by atoms with E-state index in [-0.39, 0.29) is 0 Å². The van der Waals surface area contributed by atoms with Crippen molar-refractivity contribution in [1.29, 1.82) is 0 Å². The Bertz CT molecular complexity index is 316. The molecule has 0 aromatic carbocycles. The molecule has 1 unspecified atom stereocenters. The summed E-state index contributed by atoms with van der Waals surface area (Å²) in [6, 6.07) is 0. The van der Waals surface area contributed by atoms with Crippen LogP contribution in [0.4, 0.5) is 0 Å². The van der Waals surface area contributed by atoms with E-state index in [1.54, 1.807) is 0 Å². The highest BCUT2D eigenvalue weighted by Gasteiger charge is 2.15. The molecule has 1 aromatic heterocycles. The van der Waals surface area contributed by atoms with Crippen molar-refractivity contribution in [3.8, 4) is 5.75 Å². The van der Waals surface area contributed by atoms with Gasteiger partial charge in [0, 0.05) is 13.1 Å². The molecule has 0 saturated carbocycles. The lowest BCUT2D eigenvalue weighted by Gasteiger charge is -2.22. The Hall–Kier alpha value is -1.03. The van der Waals surface area contributed by atoms with Crippen LogP contribution < -0.4 is 10.1 Å². The highest BCUT2D eigenvalue weighted by atomic mass is 16.5. The SMILES string of the molecule is CC(C)Cn1cc(OC2CCCNC2)cn1. The fourth-order valence-electron chi connectivity index (χ4n) is 1.99. The molecule has 0 aliphatic carbocycles. The van der Waals surface area contributed by atoms with E-state index < -0.39 is 0 Å². The average Bonchev–Trinajstić information content (AvgIpc) is 2.66. The Morgan fingerprint density at radius 1 is 1.62 bits per heavy atom. The third kappa shape index (κ3) is 3.23. The molecule has 0 bridgehead atoms. The molecule has 4 nitrogen and oxygen atoms in total. The van der Waals surface area contributed by atoms with Crippen LogP contribution >= 0.6 is 0 Å². The van der Waals surface area contributed by atoms with Crippen molar-refractivity contribution in [2.75, 3.05) is 13.1 Å². The summed E-state index contributed by atoms with van der Waals surface area (Å²) < 4.78 is 7.83. The summed E-state index contributed by atoms with van der Waals surface area (Å²) in [5.41, 5.74) is 0. The Morgan fingerprint density at radius 3 is 3.19 bits per heavy atom. The first-order chi connectivity index (χ1) is 7.74. The van der Waals surface area contributed by atoms with Crippen molar-refractivity contribution in [2.24, 2.45) is 5.92 Å². The van der Waals surface area contributed by atoms with Crippen LogP contribution in [0.15, 0.2) is 12.4 Å². The van der Waals surface area contributed by atoms with Crippen LogP contribution in [0.25, 0.3) is 0 Å². The van der Waals surface area contributed by atoms with E-state index in [2.05, 4.69) is 24.3 Å². The molecule has 1 saturated heterocycles. The van der Waals surface area contributed by atoms with Crippen molar-refractivity contribution in [3.05, 3.63) is 12.4 Å².